The highest BCUT2D eigenvalue weighted by molar-refractivity contribution is 5.78. The Balaban J connectivity index is 1.68. The van der Waals surface area contributed by atoms with E-state index in [1.807, 2.05) is 24.9 Å². The maximum Gasteiger partial charge on any atom is 0.336 e. The minimum atomic E-state index is -0.0378. The van der Waals surface area contributed by atoms with Crippen LogP contribution in [0.3, 0.4) is 0 Å². The second kappa shape index (κ2) is 7.08. The molecule has 1 aromatic carbocycles. The second-order valence-electron chi connectivity index (χ2n) is 7.67. The molecule has 1 saturated heterocycles. The number of benzene rings is 1. The molecule has 3 atom stereocenters. The first-order valence-electron chi connectivity index (χ1n) is 10.0. The van der Waals surface area contributed by atoms with Gasteiger partial charge in [-0.3, -0.25) is 5.01 Å². The number of hydrogen-bond donors (Lipinski definition) is 3. The smallest absolute Gasteiger partial charge is 0.336 e. The van der Waals surface area contributed by atoms with E-state index >= 15 is 0 Å². The van der Waals surface area contributed by atoms with Gasteiger partial charge in [0.05, 0.1) is 12.3 Å². The Morgan fingerprint density at radius 2 is 2.15 bits per heavy atom. The summed E-state index contributed by atoms with van der Waals surface area (Å²) in [7, 11) is 0. The molecule has 0 radical (unpaired) electrons. The standard InChI is InChI=1S/C20H30N4O2/c1-3-23(4-2)20(26)22-24-11-14-10-16-15(6-5-9-21-16)18-13(12-25)7-8-17(24)19(14)18/h7-8,14-16,21,25H,3-6,9-12H2,1-2H3,(H,22,26)/t14?,15-,16+/m0/s1. The Hall–Kier alpha value is -1.79. The molecule has 6 heteroatoms. The van der Waals surface area contributed by atoms with E-state index in [1.54, 1.807) is 4.90 Å². The topological polar surface area (TPSA) is 67.8 Å². The van der Waals surface area contributed by atoms with Crippen molar-refractivity contribution in [3.8, 4) is 0 Å². The Morgan fingerprint density at radius 1 is 1.35 bits per heavy atom. The number of rotatable bonds is 4. The number of amides is 2. The number of nitrogens with one attached hydrogen (secondary N) is 2. The fraction of sp³-hybridized carbons (Fsp3) is 0.650. The average Bonchev–Trinajstić information content (AvgIpc) is 3.01. The lowest BCUT2D eigenvalue weighted by atomic mass is 9.70. The number of fused-ring (bicyclic) bond motifs is 2. The molecule has 2 heterocycles. The Labute approximate surface area is 155 Å². The number of carbonyl (C=O) groups excluding carboxylic acids is 1. The van der Waals surface area contributed by atoms with E-state index < -0.39 is 0 Å². The summed E-state index contributed by atoms with van der Waals surface area (Å²) >= 11 is 0. The molecule has 1 unspecified atom stereocenters. The van der Waals surface area contributed by atoms with Gasteiger partial charge in [-0.05, 0) is 62.4 Å². The normalized spacial score (nSPS) is 26.3. The zero-order chi connectivity index (χ0) is 18.3. The van der Waals surface area contributed by atoms with Gasteiger partial charge in [0.25, 0.3) is 0 Å². The third kappa shape index (κ3) is 2.76. The number of urea groups is 1. The maximum atomic E-state index is 12.6. The van der Waals surface area contributed by atoms with Gasteiger partial charge in [-0.2, -0.15) is 0 Å². The summed E-state index contributed by atoms with van der Waals surface area (Å²) in [5, 5.41) is 15.6. The summed E-state index contributed by atoms with van der Waals surface area (Å²) < 4.78 is 0. The van der Waals surface area contributed by atoms with E-state index in [2.05, 4.69) is 16.8 Å². The van der Waals surface area contributed by atoms with Crippen molar-refractivity contribution in [2.24, 2.45) is 0 Å². The van der Waals surface area contributed by atoms with Crippen LogP contribution in [0.1, 0.15) is 61.6 Å². The van der Waals surface area contributed by atoms with Crippen molar-refractivity contribution < 1.29 is 9.90 Å². The van der Waals surface area contributed by atoms with Crippen molar-refractivity contribution in [1.82, 2.24) is 15.6 Å². The molecule has 1 aliphatic carbocycles. The number of hydrogen-bond acceptors (Lipinski definition) is 4. The fourth-order valence-corrected chi connectivity index (χ4v) is 5.17. The molecule has 4 rings (SSSR count). The van der Waals surface area contributed by atoms with E-state index in [1.165, 1.54) is 24.0 Å². The molecule has 0 saturated carbocycles. The van der Waals surface area contributed by atoms with Crippen LogP contribution in [0, 0.1) is 0 Å². The van der Waals surface area contributed by atoms with Crippen molar-refractivity contribution in [2.45, 2.75) is 57.6 Å². The lowest BCUT2D eigenvalue weighted by molar-refractivity contribution is 0.202. The number of piperidine rings is 1. The number of aliphatic hydroxyl groups excluding tert-OH is 1. The van der Waals surface area contributed by atoms with E-state index in [0.29, 0.717) is 31.0 Å². The molecule has 2 aliphatic heterocycles. The minimum Gasteiger partial charge on any atom is -0.392 e. The number of carbonyl (C=O) groups is 1. The molecule has 1 aromatic rings. The molecule has 2 amide bonds. The van der Waals surface area contributed by atoms with E-state index in [4.69, 9.17) is 0 Å². The molecule has 26 heavy (non-hydrogen) atoms. The quantitative estimate of drug-likeness (QED) is 0.773. The molecule has 6 nitrogen and oxygen atoms in total. The van der Waals surface area contributed by atoms with Crippen molar-refractivity contribution in [2.75, 3.05) is 31.2 Å². The van der Waals surface area contributed by atoms with Crippen molar-refractivity contribution in [3.05, 3.63) is 28.8 Å². The minimum absolute atomic E-state index is 0.0378. The second-order valence-corrected chi connectivity index (χ2v) is 7.67. The Bertz CT molecular complexity index is 689. The number of nitrogens with zero attached hydrogens (tertiary/aromatic N) is 2. The van der Waals surface area contributed by atoms with E-state index in [-0.39, 0.29) is 12.6 Å². The van der Waals surface area contributed by atoms with Gasteiger partial charge in [-0.1, -0.05) is 6.07 Å². The highest BCUT2D eigenvalue weighted by Gasteiger charge is 2.43. The van der Waals surface area contributed by atoms with Crippen LogP contribution in [0.15, 0.2) is 12.1 Å². The van der Waals surface area contributed by atoms with Crippen LogP contribution < -0.4 is 15.8 Å². The van der Waals surface area contributed by atoms with Gasteiger partial charge in [-0.25, -0.2) is 10.2 Å². The summed E-state index contributed by atoms with van der Waals surface area (Å²) in [6, 6.07) is 4.57. The van der Waals surface area contributed by atoms with Gasteiger partial charge in [0.1, 0.15) is 0 Å². The highest BCUT2D eigenvalue weighted by atomic mass is 16.3. The predicted molar refractivity (Wildman–Crippen MR) is 102 cm³/mol. The first kappa shape index (κ1) is 17.6. The summed E-state index contributed by atoms with van der Waals surface area (Å²) in [5.41, 5.74) is 8.00. The molecule has 0 aromatic heterocycles. The van der Waals surface area contributed by atoms with Crippen molar-refractivity contribution >= 4 is 11.7 Å². The van der Waals surface area contributed by atoms with Crippen LogP contribution in [0.5, 0.6) is 0 Å². The van der Waals surface area contributed by atoms with Gasteiger partial charge >= 0.3 is 6.03 Å². The number of hydrazine groups is 1. The summed E-state index contributed by atoms with van der Waals surface area (Å²) in [4.78, 5) is 14.4. The molecule has 1 fully saturated rings. The van der Waals surface area contributed by atoms with Gasteiger partial charge in [0, 0.05) is 37.5 Å². The first-order chi connectivity index (χ1) is 12.7. The molecule has 3 aliphatic rings. The SMILES string of the molecule is CCN(CC)C(=O)NN1CC2C[C@H]3NCCC[C@@H]3c3c(CO)ccc1c32. The van der Waals surface area contributed by atoms with Gasteiger partial charge in [0.15, 0.2) is 0 Å². The summed E-state index contributed by atoms with van der Waals surface area (Å²) in [6.07, 6.45) is 3.47. The van der Waals surface area contributed by atoms with Crippen molar-refractivity contribution in [3.63, 3.8) is 0 Å². The largest absolute Gasteiger partial charge is 0.392 e. The van der Waals surface area contributed by atoms with Gasteiger partial charge in [0.2, 0.25) is 0 Å². The van der Waals surface area contributed by atoms with Crippen LogP contribution in [0.2, 0.25) is 0 Å². The van der Waals surface area contributed by atoms with Crippen LogP contribution in [-0.4, -0.2) is 48.3 Å². The zero-order valence-corrected chi connectivity index (χ0v) is 15.8. The molecule has 0 bridgehead atoms. The molecule has 0 spiro atoms. The predicted octanol–water partition coefficient (Wildman–Crippen LogP) is 2.29. The fourth-order valence-electron chi connectivity index (χ4n) is 5.17. The summed E-state index contributed by atoms with van der Waals surface area (Å²) in [6.45, 7) is 7.39. The zero-order valence-electron chi connectivity index (χ0n) is 15.8. The monoisotopic (exact) mass is 358 g/mol. The van der Waals surface area contributed by atoms with Crippen LogP contribution in [0.4, 0.5) is 10.5 Å². The summed E-state index contributed by atoms with van der Waals surface area (Å²) in [5.74, 6) is 0.894. The number of aliphatic hydroxyl groups is 1. The third-order valence-corrected chi connectivity index (χ3v) is 6.40. The van der Waals surface area contributed by atoms with Crippen LogP contribution >= 0.6 is 0 Å². The van der Waals surface area contributed by atoms with E-state index in [9.17, 15) is 9.90 Å². The highest BCUT2D eigenvalue weighted by Crippen LogP contribution is 2.51. The third-order valence-electron chi connectivity index (χ3n) is 6.40. The van der Waals surface area contributed by atoms with Gasteiger partial charge < -0.3 is 15.3 Å². The lowest BCUT2D eigenvalue weighted by Gasteiger charge is -2.41. The van der Waals surface area contributed by atoms with Crippen LogP contribution in [0.25, 0.3) is 0 Å². The molecule has 3 N–H and O–H groups in total. The molecule has 142 valence electrons. The van der Waals surface area contributed by atoms with Crippen LogP contribution in [-0.2, 0) is 6.61 Å². The van der Waals surface area contributed by atoms with Gasteiger partial charge in [-0.15, -0.1) is 0 Å². The molecular weight excluding hydrogens is 328 g/mol. The average molecular weight is 358 g/mol. The van der Waals surface area contributed by atoms with E-state index in [0.717, 1.165) is 30.8 Å². The Morgan fingerprint density at radius 3 is 2.88 bits per heavy atom. The Kier molecular flexibility index (Phi) is 4.80. The lowest BCUT2D eigenvalue weighted by Crippen LogP contribution is -2.49. The molecular formula is C20H30N4O2. The number of anilines is 1. The first-order valence-corrected chi connectivity index (χ1v) is 10.0. The maximum absolute atomic E-state index is 12.6. The van der Waals surface area contributed by atoms with Crippen molar-refractivity contribution in [1.29, 1.82) is 0 Å².